The van der Waals surface area contributed by atoms with Gasteiger partial charge in [-0.2, -0.15) is 0 Å². The van der Waals surface area contributed by atoms with Gasteiger partial charge in [-0.25, -0.2) is 19.4 Å². The standard InChI is InChI=1S/C18H21NO8/c1-5-25-16(21)18(17(22)26-6-2)13(15(20)24-4)19-14(27-18)11-7-9-12(23-3)10-8-11/h7-10,13H,5-6H2,1-4H3. The van der Waals surface area contributed by atoms with E-state index in [1.54, 1.807) is 38.1 Å². The molecule has 146 valence electrons. The van der Waals surface area contributed by atoms with Crippen molar-refractivity contribution in [2.24, 2.45) is 4.99 Å². The van der Waals surface area contributed by atoms with Crippen LogP contribution in [0.3, 0.4) is 0 Å². The first-order valence-electron chi connectivity index (χ1n) is 8.28. The number of ether oxygens (including phenoxy) is 5. The van der Waals surface area contributed by atoms with Crippen LogP contribution in [-0.2, 0) is 33.3 Å². The summed E-state index contributed by atoms with van der Waals surface area (Å²) in [5.74, 6) is -2.59. The second-order valence-electron chi connectivity index (χ2n) is 5.37. The lowest BCUT2D eigenvalue weighted by Gasteiger charge is -2.27. The number of methoxy groups -OCH3 is 2. The highest BCUT2D eigenvalue weighted by Gasteiger charge is 2.65. The smallest absolute Gasteiger partial charge is 0.365 e. The van der Waals surface area contributed by atoms with Gasteiger partial charge < -0.3 is 23.7 Å². The molecule has 0 aliphatic carbocycles. The second kappa shape index (κ2) is 8.52. The average molecular weight is 379 g/mol. The molecule has 9 heteroatoms. The summed E-state index contributed by atoms with van der Waals surface area (Å²) < 4.78 is 25.4. The van der Waals surface area contributed by atoms with E-state index < -0.39 is 29.6 Å². The maximum Gasteiger partial charge on any atom is 0.365 e. The van der Waals surface area contributed by atoms with Crippen LogP contribution in [0, 0.1) is 0 Å². The third kappa shape index (κ3) is 3.71. The number of nitrogens with zero attached hydrogens (tertiary/aromatic N) is 1. The number of esters is 3. The van der Waals surface area contributed by atoms with Crippen molar-refractivity contribution >= 4 is 23.8 Å². The molecule has 1 aliphatic rings. The molecule has 0 fully saturated rings. The Balaban J connectivity index is 2.52. The molecule has 0 aromatic heterocycles. The van der Waals surface area contributed by atoms with E-state index in [1.807, 2.05) is 0 Å². The van der Waals surface area contributed by atoms with Gasteiger partial charge in [0, 0.05) is 5.56 Å². The van der Waals surface area contributed by atoms with Gasteiger partial charge in [0.2, 0.25) is 11.9 Å². The third-order valence-corrected chi connectivity index (χ3v) is 3.81. The zero-order valence-corrected chi connectivity index (χ0v) is 15.5. The van der Waals surface area contributed by atoms with E-state index in [-0.39, 0.29) is 19.1 Å². The van der Waals surface area contributed by atoms with Crippen LogP contribution in [-0.4, -0.2) is 62.9 Å². The Labute approximate surface area is 156 Å². The van der Waals surface area contributed by atoms with E-state index in [4.69, 9.17) is 23.7 Å². The number of benzene rings is 1. The fraction of sp³-hybridized carbons (Fsp3) is 0.444. The SMILES string of the molecule is CCOC(=O)C1(C(=O)OCC)OC(c2ccc(OC)cc2)=NC1C(=O)OC. The molecule has 0 radical (unpaired) electrons. The third-order valence-electron chi connectivity index (χ3n) is 3.81. The van der Waals surface area contributed by atoms with E-state index in [0.717, 1.165) is 7.11 Å². The van der Waals surface area contributed by atoms with Gasteiger partial charge in [0.1, 0.15) is 5.75 Å². The Bertz CT molecular complexity index is 722. The molecular formula is C18H21NO8. The molecule has 0 saturated carbocycles. The molecule has 0 N–H and O–H groups in total. The molecule has 2 rings (SSSR count). The van der Waals surface area contributed by atoms with Crippen LogP contribution in [0.15, 0.2) is 29.3 Å². The minimum atomic E-state index is -2.41. The van der Waals surface area contributed by atoms with Crippen LogP contribution in [0.5, 0.6) is 5.75 Å². The predicted molar refractivity (Wildman–Crippen MR) is 92.4 cm³/mol. The fourth-order valence-electron chi connectivity index (χ4n) is 2.51. The average Bonchev–Trinajstić information content (AvgIpc) is 3.10. The van der Waals surface area contributed by atoms with Crippen molar-refractivity contribution in [1.29, 1.82) is 0 Å². The van der Waals surface area contributed by atoms with Crippen LogP contribution < -0.4 is 4.74 Å². The molecule has 1 aromatic carbocycles. The molecule has 0 bridgehead atoms. The lowest BCUT2D eigenvalue weighted by molar-refractivity contribution is -0.185. The molecule has 1 aliphatic heterocycles. The predicted octanol–water partition coefficient (Wildman–Crippen LogP) is 0.879. The van der Waals surface area contributed by atoms with E-state index in [9.17, 15) is 14.4 Å². The molecule has 0 amide bonds. The van der Waals surface area contributed by atoms with E-state index in [0.29, 0.717) is 11.3 Å². The number of hydrogen-bond acceptors (Lipinski definition) is 9. The monoisotopic (exact) mass is 379 g/mol. The van der Waals surface area contributed by atoms with Crippen LogP contribution in [0.25, 0.3) is 0 Å². The maximum atomic E-state index is 12.6. The van der Waals surface area contributed by atoms with Gasteiger partial charge >= 0.3 is 23.5 Å². The Kier molecular flexibility index (Phi) is 6.38. The highest BCUT2D eigenvalue weighted by Crippen LogP contribution is 2.33. The van der Waals surface area contributed by atoms with Crippen LogP contribution >= 0.6 is 0 Å². The first-order valence-corrected chi connectivity index (χ1v) is 8.28. The van der Waals surface area contributed by atoms with Gasteiger partial charge in [-0.3, -0.25) is 0 Å². The highest BCUT2D eigenvalue weighted by molar-refractivity contribution is 6.14. The number of hydrogen-bond donors (Lipinski definition) is 0. The van der Waals surface area contributed by atoms with E-state index in [1.165, 1.54) is 7.11 Å². The Morgan fingerprint density at radius 3 is 2.04 bits per heavy atom. The summed E-state index contributed by atoms with van der Waals surface area (Å²) in [6, 6.07) is 4.90. The summed E-state index contributed by atoms with van der Waals surface area (Å²) >= 11 is 0. The highest BCUT2D eigenvalue weighted by atomic mass is 16.6. The van der Waals surface area contributed by atoms with Crippen LogP contribution in [0.2, 0.25) is 0 Å². The minimum Gasteiger partial charge on any atom is -0.497 e. The van der Waals surface area contributed by atoms with Crippen molar-refractivity contribution in [3.63, 3.8) is 0 Å². The number of aliphatic imine (C=N–C) groups is 1. The molecule has 27 heavy (non-hydrogen) atoms. The van der Waals surface area contributed by atoms with Crippen molar-refractivity contribution in [3.05, 3.63) is 29.8 Å². The molecule has 0 spiro atoms. The molecular weight excluding hydrogens is 358 g/mol. The van der Waals surface area contributed by atoms with Gasteiger partial charge in [0.15, 0.2) is 0 Å². The fourth-order valence-corrected chi connectivity index (χ4v) is 2.51. The summed E-state index contributed by atoms with van der Waals surface area (Å²) in [7, 11) is 2.63. The summed E-state index contributed by atoms with van der Waals surface area (Å²) in [6.07, 6.45) is 0. The number of carbonyl (C=O) groups is 3. The minimum absolute atomic E-state index is 0.0326. The topological polar surface area (TPSA) is 110 Å². The van der Waals surface area contributed by atoms with Crippen molar-refractivity contribution in [1.82, 2.24) is 0 Å². The summed E-state index contributed by atoms with van der Waals surface area (Å²) in [5.41, 5.74) is -1.98. The van der Waals surface area contributed by atoms with Gasteiger partial charge in [-0.1, -0.05) is 0 Å². The summed E-state index contributed by atoms with van der Waals surface area (Å²) in [6.45, 7) is 3.05. The summed E-state index contributed by atoms with van der Waals surface area (Å²) in [4.78, 5) is 41.7. The second-order valence-corrected chi connectivity index (χ2v) is 5.37. The maximum absolute atomic E-state index is 12.6. The molecule has 9 nitrogen and oxygen atoms in total. The zero-order chi connectivity index (χ0) is 20.0. The van der Waals surface area contributed by atoms with Crippen molar-refractivity contribution in [2.45, 2.75) is 25.5 Å². The molecule has 1 unspecified atom stereocenters. The number of rotatable bonds is 7. The van der Waals surface area contributed by atoms with E-state index in [2.05, 4.69) is 4.99 Å². The van der Waals surface area contributed by atoms with Gasteiger partial charge in [-0.05, 0) is 38.1 Å². The summed E-state index contributed by atoms with van der Waals surface area (Å²) in [5, 5.41) is 0. The quantitative estimate of drug-likeness (QED) is 0.390. The lowest BCUT2D eigenvalue weighted by Crippen LogP contribution is -2.59. The lowest BCUT2D eigenvalue weighted by atomic mass is 9.95. The van der Waals surface area contributed by atoms with Gasteiger partial charge in [-0.15, -0.1) is 0 Å². The zero-order valence-electron chi connectivity index (χ0n) is 15.5. The van der Waals surface area contributed by atoms with Crippen molar-refractivity contribution in [3.8, 4) is 5.75 Å². The molecule has 1 aromatic rings. The largest absolute Gasteiger partial charge is 0.497 e. The Morgan fingerprint density at radius 2 is 1.59 bits per heavy atom. The first-order chi connectivity index (χ1) is 12.9. The number of carbonyl (C=O) groups excluding carboxylic acids is 3. The molecule has 0 saturated heterocycles. The van der Waals surface area contributed by atoms with Crippen LogP contribution in [0.1, 0.15) is 19.4 Å². The Hall–Kier alpha value is -3.10. The van der Waals surface area contributed by atoms with Gasteiger partial charge in [0.05, 0.1) is 27.4 Å². The van der Waals surface area contributed by atoms with E-state index >= 15 is 0 Å². The normalized spacial score (nSPS) is 17.3. The molecule has 1 heterocycles. The Morgan fingerprint density at radius 1 is 1.04 bits per heavy atom. The van der Waals surface area contributed by atoms with Crippen molar-refractivity contribution in [2.75, 3.05) is 27.4 Å². The van der Waals surface area contributed by atoms with Crippen molar-refractivity contribution < 1.29 is 38.1 Å². The molecule has 1 atom stereocenters. The van der Waals surface area contributed by atoms with Gasteiger partial charge in [0.25, 0.3) is 0 Å². The van der Waals surface area contributed by atoms with Crippen LogP contribution in [0.4, 0.5) is 0 Å². The first kappa shape index (κ1) is 20.2.